The molecular formula is C21H42N4O4. The van der Waals surface area contributed by atoms with Gasteiger partial charge in [0.2, 0.25) is 0 Å². The van der Waals surface area contributed by atoms with Crippen molar-refractivity contribution in [2.75, 3.05) is 53.0 Å². The number of hydrogen-bond acceptors (Lipinski definition) is 5. The van der Waals surface area contributed by atoms with Gasteiger partial charge >= 0.3 is 6.09 Å². The van der Waals surface area contributed by atoms with E-state index >= 15 is 0 Å². The Kier molecular flexibility index (Phi) is 12.0. The summed E-state index contributed by atoms with van der Waals surface area (Å²) in [5.74, 6) is 1.01. The van der Waals surface area contributed by atoms with Gasteiger partial charge < -0.3 is 29.7 Å². The first-order valence-electron chi connectivity index (χ1n) is 10.9. The van der Waals surface area contributed by atoms with Gasteiger partial charge in [-0.3, -0.25) is 4.99 Å². The molecule has 0 aromatic rings. The van der Waals surface area contributed by atoms with Gasteiger partial charge in [-0.2, -0.15) is 0 Å². The Morgan fingerprint density at radius 3 is 2.72 bits per heavy atom. The first-order valence-corrected chi connectivity index (χ1v) is 10.9. The topological polar surface area (TPSA) is 84.4 Å². The predicted octanol–water partition coefficient (Wildman–Crippen LogP) is 2.63. The second-order valence-electron chi connectivity index (χ2n) is 8.68. The summed E-state index contributed by atoms with van der Waals surface area (Å²) in [7, 11) is 1.76. The van der Waals surface area contributed by atoms with Crippen LogP contribution >= 0.6 is 0 Å². The van der Waals surface area contributed by atoms with Crippen LogP contribution in [0.15, 0.2) is 4.99 Å². The summed E-state index contributed by atoms with van der Waals surface area (Å²) in [5, 5.41) is 6.59. The average Bonchev–Trinajstić information content (AvgIpc) is 3.14. The zero-order valence-electron chi connectivity index (χ0n) is 19.3. The van der Waals surface area contributed by atoms with Crippen molar-refractivity contribution in [2.24, 2.45) is 10.9 Å². The minimum absolute atomic E-state index is 0.220. The number of nitrogens with zero attached hydrogens (tertiary/aromatic N) is 2. The summed E-state index contributed by atoms with van der Waals surface area (Å²) in [5.41, 5.74) is -0.483. The molecule has 170 valence electrons. The van der Waals surface area contributed by atoms with E-state index in [9.17, 15) is 4.79 Å². The largest absolute Gasteiger partial charge is 0.444 e. The fourth-order valence-electron chi connectivity index (χ4n) is 2.90. The number of nitrogens with one attached hydrogen (secondary N) is 2. The van der Waals surface area contributed by atoms with Crippen LogP contribution in [0, 0.1) is 5.92 Å². The lowest BCUT2D eigenvalue weighted by Gasteiger charge is -2.26. The van der Waals surface area contributed by atoms with E-state index in [-0.39, 0.29) is 18.1 Å². The van der Waals surface area contributed by atoms with Crippen molar-refractivity contribution in [3.05, 3.63) is 0 Å². The third-order valence-corrected chi connectivity index (χ3v) is 4.28. The number of aliphatic imine (C=N–C) groups is 1. The van der Waals surface area contributed by atoms with Gasteiger partial charge in [0.15, 0.2) is 5.96 Å². The molecule has 1 saturated heterocycles. The summed E-state index contributed by atoms with van der Waals surface area (Å²) in [6.45, 7) is 14.8. The fourth-order valence-corrected chi connectivity index (χ4v) is 2.90. The molecule has 1 aliphatic rings. The Balaban J connectivity index is 2.25. The van der Waals surface area contributed by atoms with Gasteiger partial charge in [-0.15, -0.1) is 0 Å². The van der Waals surface area contributed by atoms with Gasteiger partial charge in [-0.1, -0.05) is 6.92 Å². The Bertz CT molecular complexity index is 488. The highest BCUT2D eigenvalue weighted by atomic mass is 16.6. The maximum atomic E-state index is 12.1. The van der Waals surface area contributed by atoms with Crippen molar-refractivity contribution < 1.29 is 19.0 Å². The molecule has 0 aromatic heterocycles. The van der Waals surface area contributed by atoms with Crippen molar-refractivity contribution in [3.63, 3.8) is 0 Å². The first kappa shape index (κ1) is 25.5. The van der Waals surface area contributed by atoms with E-state index in [4.69, 9.17) is 14.2 Å². The second kappa shape index (κ2) is 13.6. The number of guanidine groups is 1. The Labute approximate surface area is 176 Å². The molecule has 0 aromatic carbocycles. The highest BCUT2D eigenvalue weighted by Gasteiger charge is 2.20. The highest BCUT2D eigenvalue weighted by molar-refractivity contribution is 5.79. The van der Waals surface area contributed by atoms with Crippen LogP contribution in [0.5, 0.6) is 0 Å². The lowest BCUT2D eigenvalue weighted by molar-refractivity contribution is 0.0168. The SMILES string of the molecule is CCNC(=NCC(C)CN(C)C(=O)OC(C)(C)C)NCCCOCC1CCCO1. The van der Waals surface area contributed by atoms with E-state index in [0.717, 1.165) is 44.9 Å². The minimum atomic E-state index is -0.483. The quantitative estimate of drug-likeness (QED) is 0.307. The third-order valence-electron chi connectivity index (χ3n) is 4.28. The molecule has 29 heavy (non-hydrogen) atoms. The monoisotopic (exact) mass is 414 g/mol. The summed E-state index contributed by atoms with van der Waals surface area (Å²) in [4.78, 5) is 18.3. The van der Waals surface area contributed by atoms with Crippen LogP contribution in [0.25, 0.3) is 0 Å². The van der Waals surface area contributed by atoms with E-state index in [2.05, 4.69) is 22.5 Å². The molecular weight excluding hydrogens is 372 g/mol. The number of amides is 1. The van der Waals surface area contributed by atoms with E-state index in [1.165, 1.54) is 0 Å². The van der Waals surface area contributed by atoms with Gasteiger partial charge in [0, 0.05) is 46.4 Å². The molecule has 1 amide bonds. The molecule has 2 unspecified atom stereocenters. The third kappa shape index (κ3) is 12.6. The van der Waals surface area contributed by atoms with Gasteiger partial charge in [0.1, 0.15) is 5.60 Å². The van der Waals surface area contributed by atoms with Crippen molar-refractivity contribution in [1.29, 1.82) is 0 Å². The second-order valence-corrected chi connectivity index (χ2v) is 8.68. The molecule has 8 nitrogen and oxygen atoms in total. The van der Waals surface area contributed by atoms with Gasteiger partial charge in [0.25, 0.3) is 0 Å². The molecule has 0 saturated carbocycles. The standard InChI is InChI=1S/C21H42N4O4/c1-7-22-19(23-11-9-12-27-16-18-10-8-13-28-18)24-14-17(2)15-25(6)20(26)29-21(3,4)5/h17-18H,7-16H2,1-6H3,(H2,22,23,24). The van der Waals surface area contributed by atoms with Gasteiger partial charge in [0.05, 0.1) is 12.7 Å². The molecule has 1 rings (SSSR count). The van der Waals surface area contributed by atoms with E-state index in [1.807, 2.05) is 27.7 Å². The van der Waals surface area contributed by atoms with Crippen LogP contribution < -0.4 is 10.6 Å². The number of carbonyl (C=O) groups is 1. The lowest BCUT2D eigenvalue weighted by atomic mass is 10.2. The van der Waals surface area contributed by atoms with Gasteiger partial charge in [-0.05, 0) is 52.9 Å². The number of hydrogen-bond donors (Lipinski definition) is 2. The maximum absolute atomic E-state index is 12.1. The average molecular weight is 415 g/mol. The van der Waals surface area contributed by atoms with Crippen LogP contribution in [0.3, 0.4) is 0 Å². The zero-order valence-corrected chi connectivity index (χ0v) is 19.3. The van der Waals surface area contributed by atoms with Crippen molar-refractivity contribution in [1.82, 2.24) is 15.5 Å². The Hall–Kier alpha value is -1.54. The first-order chi connectivity index (χ1) is 13.7. The highest BCUT2D eigenvalue weighted by Crippen LogP contribution is 2.12. The smallest absolute Gasteiger partial charge is 0.410 e. The van der Waals surface area contributed by atoms with Crippen LogP contribution in [0.4, 0.5) is 4.79 Å². The predicted molar refractivity (Wildman–Crippen MR) is 116 cm³/mol. The summed E-state index contributed by atoms with van der Waals surface area (Å²) >= 11 is 0. The lowest BCUT2D eigenvalue weighted by Crippen LogP contribution is -2.39. The number of rotatable bonds is 11. The molecule has 8 heteroatoms. The summed E-state index contributed by atoms with van der Waals surface area (Å²) < 4.78 is 16.6. The molecule has 2 atom stereocenters. The van der Waals surface area contributed by atoms with Crippen molar-refractivity contribution in [3.8, 4) is 0 Å². The van der Waals surface area contributed by atoms with Crippen LogP contribution in [0.2, 0.25) is 0 Å². The molecule has 0 bridgehead atoms. The molecule has 1 heterocycles. The zero-order chi connectivity index (χ0) is 21.7. The van der Waals surface area contributed by atoms with Gasteiger partial charge in [-0.25, -0.2) is 4.79 Å². The van der Waals surface area contributed by atoms with Crippen molar-refractivity contribution >= 4 is 12.1 Å². The van der Waals surface area contributed by atoms with E-state index in [0.29, 0.717) is 26.3 Å². The van der Waals surface area contributed by atoms with Crippen molar-refractivity contribution in [2.45, 2.75) is 65.6 Å². The van der Waals surface area contributed by atoms with Crippen LogP contribution in [-0.4, -0.2) is 81.7 Å². The molecule has 0 radical (unpaired) electrons. The molecule has 1 aliphatic heterocycles. The number of ether oxygens (including phenoxy) is 3. The Morgan fingerprint density at radius 1 is 1.34 bits per heavy atom. The summed E-state index contributed by atoms with van der Waals surface area (Å²) in [6.07, 6.45) is 3.14. The fraction of sp³-hybridized carbons (Fsp3) is 0.905. The maximum Gasteiger partial charge on any atom is 0.410 e. The minimum Gasteiger partial charge on any atom is -0.444 e. The van der Waals surface area contributed by atoms with Crippen LogP contribution in [0.1, 0.15) is 53.9 Å². The normalized spacial score (nSPS) is 18.4. The molecule has 0 aliphatic carbocycles. The Morgan fingerprint density at radius 2 is 2.10 bits per heavy atom. The van der Waals surface area contributed by atoms with Crippen LogP contribution in [-0.2, 0) is 14.2 Å². The molecule has 2 N–H and O–H groups in total. The molecule has 1 fully saturated rings. The van der Waals surface area contributed by atoms with E-state index in [1.54, 1.807) is 11.9 Å². The number of carbonyl (C=O) groups excluding carboxylic acids is 1. The summed E-state index contributed by atoms with van der Waals surface area (Å²) in [6, 6.07) is 0. The van der Waals surface area contributed by atoms with E-state index < -0.39 is 5.60 Å². The molecule has 0 spiro atoms.